The van der Waals surface area contributed by atoms with E-state index in [0.717, 1.165) is 5.56 Å². The van der Waals surface area contributed by atoms with Crippen molar-refractivity contribution in [3.63, 3.8) is 0 Å². The first-order valence-electron chi connectivity index (χ1n) is 11.8. The van der Waals surface area contributed by atoms with E-state index in [-0.39, 0.29) is 29.5 Å². The summed E-state index contributed by atoms with van der Waals surface area (Å²) in [5.41, 5.74) is 1.93. The number of sulfonamides is 2. The van der Waals surface area contributed by atoms with Gasteiger partial charge in [-0.2, -0.15) is 0 Å². The minimum absolute atomic E-state index is 0.0559. The third-order valence-corrected chi connectivity index (χ3v) is 9.44. The number of carbonyl (C=O) groups excluding carboxylic acids is 1. The Morgan fingerprint density at radius 1 is 0.919 bits per heavy atom. The fourth-order valence-electron chi connectivity index (χ4n) is 4.18. The molecule has 196 valence electrons. The molecular formula is C26H28FN3O5S2. The van der Waals surface area contributed by atoms with E-state index >= 15 is 0 Å². The van der Waals surface area contributed by atoms with Gasteiger partial charge in [0.2, 0.25) is 15.9 Å². The standard InChI is InChI=1S/C26H28FN3O5S2/c1-19-5-4-7-23(17-19)29-37(34,35)24-11-9-22(10-12-24)28-26(31)20-13-15-30(16-14-20)36(32,33)18-21-6-2-3-8-25(21)27/h2-12,17,20,29H,13-16,18H2,1H3,(H,28,31). The monoisotopic (exact) mass is 545 g/mol. The lowest BCUT2D eigenvalue weighted by molar-refractivity contribution is -0.120. The maximum Gasteiger partial charge on any atom is 0.261 e. The second kappa shape index (κ2) is 11.0. The van der Waals surface area contributed by atoms with E-state index in [0.29, 0.717) is 24.2 Å². The molecule has 1 fully saturated rings. The maximum absolute atomic E-state index is 13.9. The summed E-state index contributed by atoms with van der Waals surface area (Å²) < 4.78 is 68.5. The molecule has 37 heavy (non-hydrogen) atoms. The summed E-state index contributed by atoms with van der Waals surface area (Å²) in [7, 11) is -7.50. The topological polar surface area (TPSA) is 113 Å². The Kier molecular flexibility index (Phi) is 7.96. The second-order valence-electron chi connectivity index (χ2n) is 9.01. The van der Waals surface area contributed by atoms with Crippen LogP contribution >= 0.6 is 0 Å². The van der Waals surface area contributed by atoms with Gasteiger partial charge in [-0.1, -0.05) is 30.3 Å². The summed E-state index contributed by atoms with van der Waals surface area (Å²) in [6.45, 7) is 2.19. The summed E-state index contributed by atoms with van der Waals surface area (Å²) in [5, 5.41) is 2.78. The number of rotatable bonds is 8. The number of aryl methyl sites for hydroxylation is 1. The Morgan fingerprint density at radius 3 is 2.24 bits per heavy atom. The summed E-state index contributed by atoms with van der Waals surface area (Å²) in [6.07, 6.45) is 0.657. The lowest BCUT2D eigenvalue weighted by Crippen LogP contribution is -2.42. The number of carbonyl (C=O) groups is 1. The second-order valence-corrected chi connectivity index (χ2v) is 12.7. The highest BCUT2D eigenvalue weighted by atomic mass is 32.2. The van der Waals surface area contributed by atoms with Crippen LogP contribution in [-0.4, -0.2) is 40.1 Å². The van der Waals surface area contributed by atoms with Gasteiger partial charge in [0.1, 0.15) is 5.82 Å². The van der Waals surface area contributed by atoms with Crippen LogP contribution in [0.25, 0.3) is 0 Å². The lowest BCUT2D eigenvalue weighted by Gasteiger charge is -2.30. The summed E-state index contributed by atoms with van der Waals surface area (Å²) >= 11 is 0. The molecule has 3 aromatic carbocycles. The largest absolute Gasteiger partial charge is 0.326 e. The van der Waals surface area contributed by atoms with Crippen LogP contribution in [0.5, 0.6) is 0 Å². The highest BCUT2D eigenvalue weighted by Gasteiger charge is 2.31. The molecule has 1 amide bonds. The van der Waals surface area contributed by atoms with Crippen molar-refractivity contribution in [2.24, 2.45) is 5.92 Å². The van der Waals surface area contributed by atoms with Gasteiger partial charge in [-0.15, -0.1) is 0 Å². The average Bonchev–Trinajstić information content (AvgIpc) is 2.85. The van der Waals surface area contributed by atoms with Gasteiger partial charge in [0, 0.05) is 35.9 Å². The predicted octanol–water partition coefficient (Wildman–Crippen LogP) is 4.12. The summed E-state index contributed by atoms with van der Waals surface area (Å²) in [6, 6.07) is 18.6. The fourth-order valence-corrected chi connectivity index (χ4v) is 6.81. The third-order valence-electron chi connectivity index (χ3n) is 6.22. The van der Waals surface area contributed by atoms with E-state index in [1.54, 1.807) is 24.3 Å². The highest BCUT2D eigenvalue weighted by molar-refractivity contribution is 7.92. The molecule has 1 heterocycles. The molecule has 4 rings (SSSR count). The van der Waals surface area contributed by atoms with Crippen LogP contribution in [0.3, 0.4) is 0 Å². The molecular weight excluding hydrogens is 517 g/mol. The first-order valence-corrected chi connectivity index (χ1v) is 14.8. The molecule has 0 radical (unpaired) electrons. The normalized spacial score (nSPS) is 15.3. The summed E-state index contributed by atoms with van der Waals surface area (Å²) in [4.78, 5) is 12.8. The van der Waals surface area contributed by atoms with Crippen molar-refractivity contribution in [1.82, 2.24) is 4.31 Å². The van der Waals surface area contributed by atoms with Crippen molar-refractivity contribution in [1.29, 1.82) is 0 Å². The maximum atomic E-state index is 13.9. The number of benzene rings is 3. The quantitative estimate of drug-likeness (QED) is 0.442. The Bertz CT molecular complexity index is 1480. The molecule has 0 aromatic heterocycles. The van der Waals surface area contributed by atoms with Crippen LogP contribution in [0, 0.1) is 18.7 Å². The SMILES string of the molecule is Cc1cccc(NS(=O)(=O)c2ccc(NC(=O)C3CCN(S(=O)(=O)Cc4ccccc4F)CC3)cc2)c1. The van der Waals surface area contributed by atoms with Crippen molar-refractivity contribution in [2.75, 3.05) is 23.1 Å². The molecule has 0 unspecified atom stereocenters. The molecule has 3 aromatic rings. The number of anilines is 2. The van der Waals surface area contributed by atoms with E-state index in [1.165, 1.54) is 46.8 Å². The van der Waals surface area contributed by atoms with Crippen LogP contribution < -0.4 is 10.0 Å². The molecule has 1 saturated heterocycles. The first kappa shape index (κ1) is 26.8. The highest BCUT2D eigenvalue weighted by Crippen LogP contribution is 2.25. The van der Waals surface area contributed by atoms with E-state index in [1.807, 2.05) is 13.0 Å². The van der Waals surface area contributed by atoms with Gasteiger partial charge >= 0.3 is 0 Å². The zero-order valence-electron chi connectivity index (χ0n) is 20.2. The van der Waals surface area contributed by atoms with Gasteiger partial charge in [-0.25, -0.2) is 25.5 Å². The van der Waals surface area contributed by atoms with Crippen molar-refractivity contribution >= 4 is 37.3 Å². The Balaban J connectivity index is 1.32. The molecule has 1 aliphatic rings. The van der Waals surface area contributed by atoms with Crippen molar-refractivity contribution in [3.8, 4) is 0 Å². The first-order chi connectivity index (χ1) is 17.5. The van der Waals surface area contributed by atoms with E-state index < -0.39 is 37.5 Å². The number of hydrogen-bond acceptors (Lipinski definition) is 5. The van der Waals surface area contributed by atoms with Crippen molar-refractivity contribution in [3.05, 3.63) is 89.7 Å². The molecule has 1 aliphatic heterocycles. The van der Waals surface area contributed by atoms with Crippen molar-refractivity contribution < 1.29 is 26.0 Å². The van der Waals surface area contributed by atoms with E-state index in [2.05, 4.69) is 10.0 Å². The molecule has 0 saturated carbocycles. The number of hydrogen-bond donors (Lipinski definition) is 2. The minimum atomic E-state index is -3.79. The smallest absolute Gasteiger partial charge is 0.261 e. The van der Waals surface area contributed by atoms with Gasteiger partial charge in [0.15, 0.2) is 0 Å². The molecule has 2 N–H and O–H groups in total. The molecule has 0 atom stereocenters. The average molecular weight is 546 g/mol. The Labute approximate surface area is 216 Å². The summed E-state index contributed by atoms with van der Waals surface area (Å²) in [5.74, 6) is -1.65. The van der Waals surface area contributed by atoms with Gasteiger partial charge in [0.05, 0.1) is 10.6 Å². The van der Waals surface area contributed by atoms with Crippen LogP contribution in [0.2, 0.25) is 0 Å². The van der Waals surface area contributed by atoms with Gasteiger partial charge in [-0.05, 0) is 67.8 Å². The number of halogens is 1. The number of nitrogens with zero attached hydrogens (tertiary/aromatic N) is 1. The zero-order valence-corrected chi connectivity index (χ0v) is 21.9. The predicted molar refractivity (Wildman–Crippen MR) is 140 cm³/mol. The number of piperidine rings is 1. The van der Waals surface area contributed by atoms with Gasteiger partial charge in [-0.3, -0.25) is 9.52 Å². The molecule has 0 bridgehead atoms. The third kappa shape index (κ3) is 6.73. The molecule has 0 spiro atoms. The van der Waals surface area contributed by atoms with Crippen LogP contribution in [-0.2, 0) is 30.6 Å². The fraction of sp³-hybridized carbons (Fsp3) is 0.269. The van der Waals surface area contributed by atoms with Crippen LogP contribution in [0.4, 0.5) is 15.8 Å². The number of amides is 1. The molecule has 0 aliphatic carbocycles. The minimum Gasteiger partial charge on any atom is -0.326 e. The zero-order chi connectivity index (χ0) is 26.6. The van der Waals surface area contributed by atoms with Crippen molar-refractivity contribution in [2.45, 2.75) is 30.4 Å². The van der Waals surface area contributed by atoms with Gasteiger partial charge in [0.25, 0.3) is 10.0 Å². The van der Waals surface area contributed by atoms with Gasteiger partial charge < -0.3 is 5.32 Å². The van der Waals surface area contributed by atoms with E-state index in [4.69, 9.17) is 0 Å². The molecule has 8 nitrogen and oxygen atoms in total. The Hall–Kier alpha value is -3.28. The van der Waals surface area contributed by atoms with Crippen LogP contribution in [0.1, 0.15) is 24.0 Å². The Morgan fingerprint density at radius 2 is 1.59 bits per heavy atom. The van der Waals surface area contributed by atoms with E-state index in [9.17, 15) is 26.0 Å². The lowest BCUT2D eigenvalue weighted by atomic mass is 9.97. The molecule has 11 heteroatoms. The number of nitrogens with one attached hydrogen (secondary N) is 2. The van der Waals surface area contributed by atoms with Crippen LogP contribution in [0.15, 0.2) is 77.7 Å².